The van der Waals surface area contributed by atoms with Crippen molar-refractivity contribution in [3.05, 3.63) is 22.8 Å². The van der Waals surface area contributed by atoms with E-state index in [2.05, 4.69) is 39.9 Å². The van der Waals surface area contributed by atoms with Gasteiger partial charge in [0.25, 0.3) is 0 Å². The van der Waals surface area contributed by atoms with Gasteiger partial charge in [-0.05, 0) is 44.7 Å². The van der Waals surface area contributed by atoms with Gasteiger partial charge in [-0.2, -0.15) is 0 Å². The number of aryl methyl sites for hydroxylation is 2. The van der Waals surface area contributed by atoms with Crippen LogP contribution >= 0.6 is 0 Å². The Labute approximate surface area is 110 Å². The van der Waals surface area contributed by atoms with Crippen LogP contribution in [0.1, 0.15) is 62.3 Å². The highest BCUT2D eigenvalue weighted by molar-refractivity contribution is 5.31. The molecule has 0 saturated heterocycles. The molecule has 1 fully saturated rings. The highest BCUT2D eigenvalue weighted by Gasteiger charge is 2.42. The Morgan fingerprint density at radius 1 is 1.22 bits per heavy atom. The van der Waals surface area contributed by atoms with Crippen LogP contribution < -0.4 is 5.32 Å². The minimum atomic E-state index is 0.263. The summed E-state index contributed by atoms with van der Waals surface area (Å²) in [6, 6.07) is 0. The number of nitrogens with zero attached hydrogens (tertiary/aromatic N) is 2. The third-order valence-corrected chi connectivity index (χ3v) is 4.06. The van der Waals surface area contributed by atoms with E-state index in [1.165, 1.54) is 18.4 Å². The van der Waals surface area contributed by atoms with Crippen molar-refractivity contribution in [2.75, 3.05) is 13.1 Å². The summed E-state index contributed by atoms with van der Waals surface area (Å²) in [6.07, 6.45) is 2.47. The summed E-state index contributed by atoms with van der Waals surface area (Å²) in [7, 11) is 0. The maximum Gasteiger partial charge on any atom is 0.134 e. The van der Waals surface area contributed by atoms with Gasteiger partial charge in [-0.15, -0.1) is 0 Å². The smallest absolute Gasteiger partial charge is 0.134 e. The second kappa shape index (κ2) is 4.96. The minimum Gasteiger partial charge on any atom is -0.316 e. The van der Waals surface area contributed by atoms with Gasteiger partial charge in [0.05, 0.1) is 0 Å². The molecule has 1 aliphatic rings. The Morgan fingerprint density at radius 2 is 1.78 bits per heavy atom. The topological polar surface area (TPSA) is 37.8 Å². The lowest BCUT2D eigenvalue weighted by Gasteiger charge is -2.19. The maximum atomic E-state index is 4.76. The summed E-state index contributed by atoms with van der Waals surface area (Å²) in [6.45, 7) is 12.9. The number of hydrogen-bond donors (Lipinski definition) is 1. The Kier molecular flexibility index (Phi) is 3.71. The van der Waals surface area contributed by atoms with Crippen molar-refractivity contribution in [3.63, 3.8) is 0 Å². The normalized spacial score (nSPS) is 18.7. The largest absolute Gasteiger partial charge is 0.316 e. The van der Waals surface area contributed by atoms with E-state index in [-0.39, 0.29) is 5.41 Å². The predicted octanol–water partition coefficient (Wildman–Crippen LogP) is 2.86. The van der Waals surface area contributed by atoms with Crippen LogP contribution in [0, 0.1) is 13.8 Å². The number of hydrogen-bond acceptors (Lipinski definition) is 3. The Balaban J connectivity index is 2.26. The molecule has 2 rings (SSSR count). The molecule has 18 heavy (non-hydrogen) atoms. The lowest BCUT2D eigenvalue weighted by atomic mass is 9.97. The van der Waals surface area contributed by atoms with E-state index in [4.69, 9.17) is 9.97 Å². The molecule has 3 nitrogen and oxygen atoms in total. The highest BCUT2D eigenvalue weighted by atomic mass is 14.9. The molecule has 1 heterocycles. The van der Waals surface area contributed by atoms with E-state index in [0.29, 0.717) is 5.92 Å². The number of rotatable bonds is 5. The average molecular weight is 247 g/mol. The van der Waals surface area contributed by atoms with Crippen LogP contribution in [0.25, 0.3) is 0 Å². The predicted molar refractivity (Wildman–Crippen MR) is 75.1 cm³/mol. The number of likely N-dealkylation sites (N-methyl/N-ethyl adjacent to an activating group) is 1. The van der Waals surface area contributed by atoms with Gasteiger partial charge in [0, 0.05) is 23.3 Å². The van der Waals surface area contributed by atoms with Crippen molar-refractivity contribution in [1.82, 2.24) is 15.3 Å². The molecule has 0 radical (unpaired) electrons. The lowest BCUT2D eigenvalue weighted by molar-refractivity contribution is 0.615. The summed E-state index contributed by atoms with van der Waals surface area (Å²) in [5, 5.41) is 3.40. The third-order valence-electron chi connectivity index (χ3n) is 4.06. The van der Waals surface area contributed by atoms with Crippen LogP contribution in [0.2, 0.25) is 0 Å². The molecule has 3 heteroatoms. The number of aromatic nitrogens is 2. The van der Waals surface area contributed by atoms with Gasteiger partial charge in [-0.1, -0.05) is 20.8 Å². The third kappa shape index (κ3) is 2.56. The van der Waals surface area contributed by atoms with Crippen LogP contribution in [-0.2, 0) is 5.41 Å². The van der Waals surface area contributed by atoms with Crippen molar-refractivity contribution in [3.8, 4) is 0 Å². The van der Waals surface area contributed by atoms with Crippen molar-refractivity contribution in [1.29, 1.82) is 0 Å². The quantitative estimate of drug-likeness (QED) is 0.869. The highest BCUT2D eigenvalue weighted by Crippen LogP contribution is 2.46. The van der Waals surface area contributed by atoms with Gasteiger partial charge in [0.1, 0.15) is 5.82 Å². The van der Waals surface area contributed by atoms with Crippen molar-refractivity contribution < 1.29 is 0 Å². The fourth-order valence-corrected chi connectivity index (χ4v) is 2.58. The average Bonchev–Trinajstić information content (AvgIpc) is 3.05. The molecule has 1 aliphatic carbocycles. The first-order valence-corrected chi connectivity index (χ1v) is 7.04. The van der Waals surface area contributed by atoms with Crippen molar-refractivity contribution >= 4 is 0 Å². The molecule has 0 amide bonds. The zero-order valence-electron chi connectivity index (χ0n) is 12.3. The Bertz CT molecular complexity index is 412. The fourth-order valence-electron chi connectivity index (χ4n) is 2.58. The summed E-state index contributed by atoms with van der Waals surface area (Å²) >= 11 is 0. The monoisotopic (exact) mass is 247 g/mol. The van der Waals surface area contributed by atoms with Gasteiger partial charge in [0.15, 0.2) is 0 Å². The summed E-state index contributed by atoms with van der Waals surface area (Å²) in [5.41, 5.74) is 3.91. The van der Waals surface area contributed by atoms with E-state index >= 15 is 0 Å². The van der Waals surface area contributed by atoms with Crippen LogP contribution in [0.15, 0.2) is 0 Å². The molecule has 0 bridgehead atoms. The van der Waals surface area contributed by atoms with Crippen LogP contribution in [0.5, 0.6) is 0 Å². The molecule has 100 valence electrons. The summed E-state index contributed by atoms with van der Waals surface area (Å²) in [4.78, 5) is 9.52. The Morgan fingerprint density at radius 3 is 2.22 bits per heavy atom. The summed E-state index contributed by atoms with van der Waals surface area (Å²) < 4.78 is 0. The summed E-state index contributed by atoms with van der Waals surface area (Å²) in [5.74, 6) is 1.53. The van der Waals surface area contributed by atoms with Gasteiger partial charge >= 0.3 is 0 Å². The molecule has 0 aromatic carbocycles. The van der Waals surface area contributed by atoms with E-state index in [0.717, 1.165) is 30.3 Å². The van der Waals surface area contributed by atoms with Gasteiger partial charge in [-0.3, -0.25) is 0 Å². The van der Waals surface area contributed by atoms with Gasteiger partial charge in [0.2, 0.25) is 0 Å². The first kappa shape index (κ1) is 13.5. The molecular weight excluding hydrogens is 222 g/mol. The lowest BCUT2D eigenvalue weighted by Crippen LogP contribution is -2.22. The minimum absolute atomic E-state index is 0.263. The molecule has 1 atom stereocenters. The first-order valence-electron chi connectivity index (χ1n) is 7.04. The van der Waals surface area contributed by atoms with E-state index in [1.54, 1.807) is 0 Å². The van der Waals surface area contributed by atoms with Crippen LogP contribution in [0.3, 0.4) is 0 Å². The number of nitrogens with one attached hydrogen (secondary N) is 1. The standard InChI is InChI=1S/C15H25N3/c1-6-16-9-10(2)13-11(3)17-14(18-12(13)4)15(5)7-8-15/h10,16H,6-9H2,1-5H3. The van der Waals surface area contributed by atoms with Crippen molar-refractivity contribution in [2.24, 2.45) is 0 Å². The van der Waals surface area contributed by atoms with Gasteiger partial charge in [-0.25, -0.2) is 9.97 Å². The molecule has 1 aromatic rings. The van der Waals surface area contributed by atoms with Crippen LogP contribution in [-0.4, -0.2) is 23.1 Å². The molecule has 1 N–H and O–H groups in total. The van der Waals surface area contributed by atoms with Crippen LogP contribution in [0.4, 0.5) is 0 Å². The zero-order valence-corrected chi connectivity index (χ0v) is 12.3. The van der Waals surface area contributed by atoms with E-state index in [1.807, 2.05) is 0 Å². The zero-order chi connectivity index (χ0) is 13.3. The van der Waals surface area contributed by atoms with Crippen molar-refractivity contribution in [2.45, 2.75) is 58.8 Å². The first-order chi connectivity index (χ1) is 8.48. The van der Waals surface area contributed by atoms with E-state index < -0.39 is 0 Å². The van der Waals surface area contributed by atoms with E-state index in [9.17, 15) is 0 Å². The molecule has 1 saturated carbocycles. The SMILES string of the molecule is CCNCC(C)c1c(C)nc(C2(C)CC2)nc1C. The maximum absolute atomic E-state index is 4.76. The molecule has 1 unspecified atom stereocenters. The Hall–Kier alpha value is -0.960. The second-order valence-electron chi connectivity index (χ2n) is 5.90. The van der Waals surface area contributed by atoms with Gasteiger partial charge < -0.3 is 5.32 Å². The fraction of sp³-hybridized carbons (Fsp3) is 0.733. The molecular formula is C15H25N3. The molecule has 0 aliphatic heterocycles. The molecule has 0 spiro atoms. The second-order valence-corrected chi connectivity index (χ2v) is 5.90. The molecule has 1 aromatic heterocycles.